The Kier molecular flexibility index (Phi) is 4.88. The Bertz CT molecular complexity index is 889. The van der Waals surface area contributed by atoms with E-state index in [9.17, 15) is 9.59 Å². The normalized spacial score (nSPS) is 12.1. The number of aromatic nitrogens is 2. The fourth-order valence-electron chi connectivity index (χ4n) is 2.78. The molecule has 0 spiro atoms. The second-order valence-corrected chi connectivity index (χ2v) is 6.03. The third kappa shape index (κ3) is 3.91. The number of hydrogen-bond acceptors (Lipinski definition) is 3. The lowest BCUT2D eigenvalue weighted by Gasteiger charge is -2.15. The Morgan fingerprint density at radius 1 is 1.28 bits per heavy atom. The van der Waals surface area contributed by atoms with Crippen molar-refractivity contribution in [1.29, 1.82) is 0 Å². The quantitative estimate of drug-likeness (QED) is 0.725. The first kappa shape index (κ1) is 16.8. The van der Waals surface area contributed by atoms with Crippen molar-refractivity contribution in [3.63, 3.8) is 0 Å². The summed E-state index contributed by atoms with van der Waals surface area (Å²) in [5.74, 6) is 0.783. The molecule has 0 bridgehead atoms. The van der Waals surface area contributed by atoms with E-state index in [0.29, 0.717) is 12.8 Å². The Balaban J connectivity index is 1.61. The molecule has 2 heterocycles. The molecule has 2 N–H and O–H groups in total. The van der Waals surface area contributed by atoms with E-state index in [-0.39, 0.29) is 17.6 Å². The number of H-pyrrole nitrogens is 1. The molecule has 6 nitrogen and oxygen atoms in total. The number of furan rings is 1. The zero-order valence-electron chi connectivity index (χ0n) is 14.3. The Labute approximate surface area is 145 Å². The van der Waals surface area contributed by atoms with Crippen molar-refractivity contribution >= 4 is 5.91 Å². The third-order valence-corrected chi connectivity index (χ3v) is 4.17. The van der Waals surface area contributed by atoms with Crippen LogP contribution in [0.15, 0.2) is 58.1 Å². The van der Waals surface area contributed by atoms with Gasteiger partial charge in [-0.25, -0.2) is 4.79 Å². The molecule has 25 heavy (non-hydrogen) atoms. The van der Waals surface area contributed by atoms with Crippen LogP contribution >= 0.6 is 0 Å². The fourth-order valence-corrected chi connectivity index (χ4v) is 2.78. The lowest BCUT2D eigenvalue weighted by atomic mass is 10.1. The van der Waals surface area contributed by atoms with E-state index in [1.54, 1.807) is 17.0 Å². The molecule has 1 amide bonds. The van der Waals surface area contributed by atoms with E-state index in [4.69, 9.17) is 4.42 Å². The van der Waals surface area contributed by atoms with E-state index < -0.39 is 0 Å². The summed E-state index contributed by atoms with van der Waals surface area (Å²) in [7, 11) is 0. The van der Waals surface area contributed by atoms with Crippen LogP contribution in [0.3, 0.4) is 0 Å². The van der Waals surface area contributed by atoms with Crippen LogP contribution in [0.2, 0.25) is 0 Å². The number of nitrogens with one attached hydrogen (secondary N) is 2. The lowest BCUT2D eigenvalue weighted by Crippen LogP contribution is -2.26. The van der Waals surface area contributed by atoms with Gasteiger partial charge in [0.25, 0.3) is 0 Å². The molecule has 0 saturated heterocycles. The fraction of sp³-hybridized carbons (Fsp3) is 0.263. The third-order valence-electron chi connectivity index (χ3n) is 4.17. The minimum Gasteiger partial charge on any atom is -0.469 e. The molecule has 6 heteroatoms. The molecule has 1 aromatic carbocycles. The summed E-state index contributed by atoms with van der Waals surface area (Å²) in [4.78, 5) is 26.5. The van der Waals surface area contributed by atoms with Crippen molar-refractivity contribution in [3.8, 4) is 5.69 Å². The lowest BCUT2D eigenvalue weighted by molar-refractivity contribution is -0.121. The predicted molar refractivity (Wildman–Crippen MR) is 94.7 cm³/mol. The summed E-state index contributed by atoms with van der Waals surface area (Å²) in [6, 6.07) is 11.2. The molecule has 3 rings (SSSR count). The largest absolute Gasteiger partial charge is 0.469 e. The molecule has 3 aromatic rings. The van der Waals surface area contributed by atoms with Crippen molar-refractivity contribution in [2.75, 3.05) is 0 Å². The average molecular weight is 339 g/mol. The molecule has 130 valence electrons. The molecule has 2 aromatic heterocycles. The van der Waals surface area contributed by atoms with Gasteiger partial charge in [-0.3, -0.25) is 9.36 Å². The molecule has 0 aliphatic heterocycles. The maximum absolute atomic E-state index is 12.1. The van der Waals surface area contributed by atoms with Gasteiger partial charge in [-0.05, 0) is 43.7 Å². The van der Waals surface area contributed by atoms with Crippen LogP contribution in [0, 0.1) is 6.92 Å². The predicted octanol–water partition coefficient (Wildman–Crippen LogP) is 2.88. The number of amides is 1. The van der Waals surface area contributed by atoms with Crippen LogP contribution in [0.1, 0.15) is 36.4 Å². The van der Waals surface area contributed by atoms with Crippen molar-refractivity contribution < 1.29 is 9.21 Å². The van der Waals surface area contributed by atoms with Gasteiger partial charge in [0.2, 0.25) is 5.91 Å². The molecule has 0 saturated carbocycles. The Morgan fingerprint density at radius 3 is 2.64 bits per heavy atom. The minimum absolute atomic E-state index is 0.0225. The van der Waals surface area contributed by atoms with Crippen molar-refractivity contribution in [2.45, 2.75) is 32.7 Å². The monoisotopic (exact) mass is 339 g/mol. The SMILES string of the molecule is Cc1c[nH]c(=O)n1-c1ccc(C(C)NC(=O)CCc2ccco2)cc1. The number of rotatable bonds is 6. The summed E-state index contributed by atoms with van der Waals surface area (Å²) in [6.07, 6.45) is 4.25. The summed E-state index contributed by atoms with van der Waals surface area (Å²) in [5, 5.41) is 2.98. The second kappa shape index (κ2) is 7.25. The maximum Gasteiger partial charge on any atom is 0.330 e. The number of nitrogens with zero attached hydrogens (tertiary/aromatic N) is 1. The van der Waals surface area contributed by atoms with Crippen molar-refractivity contribution in [3.05, 3.63) is 76.4 Å². The molecule has 1 unspecified atom stereocenters. The summed E-state index contributed by atoms with van der Waals surface area (Å²) >= 11 is 0. The van der Waals surface area contributed by atoms with E-state index in [0.717, 1.165) is 22.7 Å². The highest BCUT2D eigenvalue weighted by molar-refractivity contribution is 5.76. The van der Waals surface area contributed by atoms with Crippen LogP contribution in [-0.4, -0.2) is 15.5 Å². The zero-order valence-corrected chi connectivity index (χ0v) is 14.3. The van der Waals surface area contributed by atoms with Crippen molar-refractivity contribution in [2.24, 2.45) is 0 Å². The summed E-state index contributed by atoms with van der Waals surface area (Å²) < 4.78 is 6.84. The molecular weight excluding hydrogens is 318 g/mol. The second-order valence-electron chi connectivity index (χ2n) is 6.03. The highest BCUT2D eigenvalue weighted by Gasteiger charge is 2.11. The average Bonchev–Trinajstić information content (AvgIpc) is 3.23. The molecule has 1 atom stereocenters. The summed E-state index contributed by atoms with van der Waals surface area (Å²) in [5.41, 5.74) is 2.46. The number of carbonyl (C=O) groups is 1. The van der Waals surface area contributed by atoms with E-state index in [2.05, 4.69) is 10.3 Å². The van der Waals surface area contributed by atoms with Gasteiger partial charge in [-0.2, -0.15) is 0 Å². The van der Waals surface area contributed by atoms with Gasteiger partial charge in [0.15, 0.2) is 0 Å². The first-order valence-corrected chi connectivity index (χ1v) is 8.23. The van der Waals surface area contributed by atoms with Gasteiger partial charge in [-0.15, -0.1) is 0 Å². The minimum atomic E-state index is -0.162. The number of carbonyl (C=O) groups excluding carboxylic acids is 1. The maximum atomic E-state index is 12.1. The van der Waals surface area contributed by atoms with Gasteiger partial charge in [0, 0.05) is 24.7 Å². The first-order chi connectivity index (χ1) is 12.0. The van der Waals surface area contributed by atoms with Crippen LogP contribution in [-0.2, 0) is 11.2 Å². The van der Waals surface area contributed by atoms with Gasteiger partial charge in [-0.1, -0.05) is 12.1 Å². The Morgan fingerprint density at radius 2 is 2.04 bits per heavy atom. The van der Waals surface area contributed by atoms with Crippen LogP contribution in [0.4, 0.5) is 0 Å². The van der Waals surface area contributed by atoms with E-state index >= 15 is 0 Å². The highest BCUT2D eigenvalue weighted by atomic mass is 16.3. The smallest absolute Gasteiger partial charge is 0.330 e. The van der Waals surface area contributed by atoms with Crippen molar-refractivity contribution in [1.82, 2.24) is 14.9 Å². The standard InChI is InChI=1S/C19H21N3O3/c1-13-12-20-19(24)22(13)16-7-5-15(6-8-16)14(2)21-18(23)10-9-17-4-3-11-25-17/h3-8,11-12,14H,9-10H2,1-2H3,(H,20,24)(H,21,23). The van der Waals surface area contributed by atoms with E-state index in [1.807, 2.05) is 50.2 Å². The van der Waals surface area contributed by atoms with Crippen LogP contribution < -0.4 is 11.0 Å². The highest BCUT2D eigenvalue weighted by Crippen LogP contribution is 2.16. The van der Waals surface area contributed by atoms with Gasteiger partial charge in [0.05, 0.1) is 18.0 Å². The number of benzene rings is 1. The first-order valence-electron chi connectivity index (χ1n) is 8.23. The van der Waals surface area contributed by atoms with Gasteiger partial charge >= 0.3 is 5.69 Å². The topological polar surface area (TPSA) is 80.0 Å². The number of aryl methyl sites for hydroxylation is 2. The number of aromatic amines is 1. The molecule has 0 aliphatic rings. The summed E-state index contributed by atoms with van der Waals surface area (Å²) in [6.45, 7) is 3.81. The van der Waals surface area contributed by atoms with Gasteiger partial charge in [0.1, 0.15) is 5.76 Å². The zero-order chi connectivity index (χ0) is 17.8. The molecular formula is C19H21N3O3. The van der Waals surface area contributed by atoms with Crippen LogP contribution in [0.25, 0.3) is 5.69 Å². The number of hydrogen-bond donors (Lipinski definition) is 2. The molecule has 0 fully saturated rings. The van der Waals surface area contributed by atoms with E-state index in [1.165, 1.54) is 0 Å². The van der Waals surface area contributed by atoms with Gasteiger partial charge < -0.3 is 14.7 Å². The molecule has 0 radical (unpaired) electrons. The Hall–Kier alpha value is -3.02. The molecule has 0 aliphatic carbocycles. The van der Waals surface area contributed by atoms with Crippen LogP contribution in [0.5, 0.6) is 0 Å². The number of imidazole rings is 1.